The van der Waals surface area contributed by atoms with Crippen LogP contribution in [0.5, 0.6) is 23.0 Å². The van der Waals surface area contributed by atoms with Gasteiger partial charge in [0.15, 0.2) is 11.5 Å². The summed E-state index contributed by atoms with van der Waals surface area (Å²) in [7, 11) is 3.03. The fourth-order valence-electron chi connectivity index (χ4n) is 3.62. The second-order valence-corrected chi connectivity index (χ2v) is 7.61. The number of hydrogen-bond acceptors (Lipinski definition) is 8. The summed E-state index contributed by atoms with van der Waals surface area (Å²) in [5, 5.41) is 3.30. The van der Waals surface area contributed by atoms with Crippen LogP contribution < -0.4 is 29.8 Å². The molecule has 0 saturated carbocycles. The Morgan fingerprint density at radius 3 is 2.37 bits per heavy atom. The second kappa shape index (κ2) is 12.1. The summed E-state index contributed by atoms with van der Waals surface area (Å²) in [5.41, 5.74) is 0.730. The Morgan fingerprint density at radius 2 is 1.71 bits per heavy atom. The fourth-order valence-corrected chi connectivity index (χ4v) is 3.62. The Bertz CT molecular complexity index is 1230. The van der Waals surface area contributed by atoms with E-state index in [0.29, 0.717) is 65.2 Å². The van der Waals surface area contributed by atoms with Crippen LogP contribution in [0.3, 0.4) is 0 Å². The fraction of sp³-hybridized carbons (Fsp3) is 0.400. The number of likely N-dealkylation sites (N-methyl/N-ethyl adjacent to an activating group) is 1. The Hall–Kier alpha value is -3.79. The van der Waals surface area contributed by atoms with Crippen molar-refractivity contribution in [2.45, 2.75) is 27.3 Å². The molecule has 10 nitrogen and oxygen atoms in total. The van der Waals surface area contributed by atoms with Crippen molar-refractivity contribution in [3.8, 4) is 23.0 Å². The van der Waals surface area contributed by atoms with E-state index in [2.05, 4.69) is 15.3 Å². The van der Waals surface area contributed by atoms with Gasteiger partial charge < -0.3 is 29.2 Å². The van der Waals surface area contributed by atoms with E-state index in [0.717, 1.165) is 0 Å². The van der Waals surface area contributed by atoms with Crippen molar-refractivity contribution < 1.29 is 23.7 Å². The maximum absolute atomic E-state index is 12.9. The van der Waals surface area contributed by atoms with Crippen molar-refractivity contribution in [3.63, 3.8) is 0 Å². The number of anilines is 1. The molecule has 2 N–H and O–H groups in total. The molecule has 3 rings (SSSR count). The molecule has 0 radical (unpaired) electrons. The molecule has 0 saturated heterocycles. The number of amides is 1. The topological polar surface area (TPSA) is 115 Å². The van der Waals surface area contributed by atoms with Crippen LogP contribution in [-0.4, -0.2) is 61.3 Å². The highest BCUT2D eigenvalue weighted by atomic mass is 16.5. The van der Waals surface area contributed by atoms with Gasteiger partial charge in [0.25, 0.3) is 5.56 Å². The molecule has 35 heavy (non-hydrogen) atoms. The lowest BCUT2D eigenvalue weighted by Crippen LogP contribution is -2.34. The predicted molar refractivity (Wildman–Crippen MR) is 134 cm³/mol. The van der Waals surface area contributed by atoms with Gasteiger partial charge in [-0.2, -0.15) is 0 Å². The van der Waals surface area contributed by atoms with Crippen LogP contribution in [0.1, 0.15) is 26.6 Å². The van der Waals surface area contributed by atoms with Crippen molar-refractivity contribution in [1.82, 2.24) is 14.9 Å². The second-order valence-electron chi connectivity index (χ2n) is 7.61. The van der Waals surface area contributed by atoms with E-state index in [1.54, 1.807) is 30.3 Å². The molecule has 0 unspecified atom stereocenters. The van der Waals surface area contributed by atoms with Gasteiger partial charge in [0.2, 0.25) is 5.91 Å². The molecule has 1 aromatic heterocycles. The van der Waals surface area contributed by atoms with Gasteiger partial charge in [-0.05, 0) is 38.6 Å². The number of fused-ring (bicyclic) bond motifs is 1. The number of carbonyl (C=O) groups excluding carboxylic acids is 1. The molecular formula is C25H32N4O6. The lowest BCUT2D eigenvalue weighted by Gasteiger charge is -2.20. The molecule has 188 valence electrons. The van der Waals surface area contributed by atoms with Crippen molar-refractivity contribution in [2.75, 3.05) is 45.8 Å². The molecule has 0 fully saturated rings. The quantitative estimate of drug-likeness (QED) is 0.403. The van der Waals surface area contributed by atoms with E-state index in [4.69, 9.17) is 18.9 Å². The number of hydrogen-bond donors (Lipinski definition) is 2. The molecule has 0 aliphatic carbocycles. The first-order chi connectivity index (χ1) is 16.9. The summed E-state index contributed by atoms with van der Waals surface area (Å²) < 4.78 is 21.8. The molecule has 0 bridgehead atoms. The first-order valence-corrected chi connectivity index (χ1v) is 11.5. The average Bonchev–Trinajstić information content (AvgIpc) is 2.84. The number of rotatable bonds is 12. The molecule has 1 amide bonds. The van der Waals surface area contributed by atoms with Gasteiger partial charge in [-0.25, -0.2) is 4.98 Å². The minimum absolute atomic E-state index is 0.0919. The van der Waals surface area contributed by atoms with Crippen LogP contribution in [0.25, 0.3) is 10.9 Å². The van der Waals surface area contributed by atoms with Gasteiger partial charge >= 0.3 is 0 Å². The highest BCUT2D eigenvalue weighted by molar-refractivity contribution is 5.94. The highest BCUT2D eigenvalue weighted by Crippen LogP contribution is 2.30. The maximum Gasteiger partial charge on any atom is 0.258 e. The van der Waals surface area contributed by atoms with Gasteiger partial charge in [0.05, 0.1) is 57.1 Å². The lowest BCUT2D eigenvalue weighted by molar-refractivity contribution is -0.117. The Labute approximate surface area is 204 Å². The number of nitrogens with one attached hydrogen (secondary N) is 2. The number of aromatic nitrogens is 2. The predicted octanol–water partition coefficient (Wildman–Crippen LogP) is 3.20. The van der Waals surface area contributed by atoms with E-state index in [9.17, 15) is 9.59 Å². The molecule has 0 atom stereocenters. The number of H-pyrrole nitrogens is 1. The minimum Gasteiger partial charge on any atom is -0.494 e. The number of aromatic amines is 1. The Balaban J connectivity index is 1.77. The van der Waals surface area contributed by atoms with Crippen LogP contribution >= 0.6 is 0 Å². The van der Waals surface area contributed by atoms with Gasteiger partial charge in [-0.1, -0.05) is 6.92 Å². The molecule has 0 spiro atoms. The minimum atomic E-state index is -0.291. The van der Waals surface area contributed by atoms with Gasteiger partial charge in [0.1, 0.15) is 17.3 Å². The lowest BCUT2D eigenvalue weighted by atomic mass is 10.2. The normalized spacial score (nSPS) is 10.9. The van der Waals surface area contributed by atoms with E-state index < -0.39 is 0 Å². The third-order valence-corrected chi connectivity index (χ3v) is 5.28. The smallest absolute Gasteiger partial charge is 0.258 e. The third kappa shape index (κ3) is 6.42. The van der Waals surface area contributed by atoms with E-state index in [1.807, 2.05) is 25.7 Å². The van der Waals surface area contributed by atoms with E-state index in [1.165, 1.54) is 14.2 Å². The zero-order valence-electron chi connectivity index (χ0n) is 20.8. The van der Waals surface area contributed by atoms with Crippen LogP contribution in [0.2, 0.25) is 0 Å². The van der Waals surface area contributed by atoms with Crippen molar-refractivity contribution in [2.24, 2.45) is 0 Å². The van der Waals surface area contributed by atoms with E-state index >= 15 is 0 Å². The molecule has 1 heterocycles. The zero-order valence-corrected chi connectivity index (χ0v) is 20.8. The SMILES string of the molecule is CCOc1ccc(OCC)c(NC(=O)CN(CC)Cc2nc3cc(OC)c(OC)cc3c(=O)[nH]2)c1. The molecule has 3 aromatic rings. The first-order valence-electron chi connectivity index (χ1n) is 11.5. The third-order valence-electron chi connectivity index (χ3n) is 5.28. The monoisotopic (exact) mass is 484 g/mol. The molecule has 0 aliphatic rings. The zero-order chi connectivity index (χ0) is 25.4. The summed E-state index contributed by atoms with van der Waals surface area (Å²) >= 11 is 0. The number of benzene rings is 2. The van der Waals surface area contributed by atoms with Crippen LogP contribution in [-0.2, 0) is 11.3 Å². The van der Waals surface area contributed by atoms with E-state index in [-0.39, 0.29) is 24.6 Å². The maximum atomic E-state index is 12.9. The summed E-state index contributed by atoms with van der Waals surface area (Å²) in [5.74, 6) is 2.36. The molecular weight excluding hydrogens is 452 g/mol. The summed E-state index contributed by atoms with van der Waals surface area (Å²) in [6, 6.07) is 8.58. The molecule has 2 aromatic carbocycles. The molecule has 0 aliphatic heterocycles. The molecule has 10 heteroatoms. The van der Waals surface area contributed by atoms with Gasteiger partial charge in [-0.3, -0.25) is 14.5 Å². The van der Waals surface area contributed by atoms with Crippen LogP contribution in [0, 0.1) is 0 Å². The number of carbonyl (C=O) groups is 1. The summed E-state index contributed by atoms with van der Waals surface area (Å²) in [6.07, 6.45) is 0. The van der Waals surface area contributed by atoms with Crippen molar-refractivity contribution in [3.05, 3.63) is 46.5 Å². The average molecular weight is 485 g/mol. The largest absolute Gasteiger partial charge is 0.494 e. The standard InChI is InChI=1S/C25H32N4O6/c1-6-29(15-24(30)27-19-11-16(34-7-2)9-10-20(19)35-8-3)14-23-26-18-13-22(33-5)21(32-4)12-17(18)25(31)28-23/h9-13H,6-8,14-15H2,1-5H3,(H,27,30)(H,26,28,31). The van der Waals surface area contributed by atoms with Crippen LogP contribution in [0.4, 0.5) is 5.69 Å². The number of ether oxygens (including phenoxy) is 4. The Morgan fingerprint density at radius 1 is 1.00 bits per heavy atom. The summed E-state index contributed by atoms with van der Waals surface area (Å²) in [6.45, 7) is 7.63. The number of methoxy groups -OCH3 is 2. The highest BCUT2D eigenvalue weighted by Gasteiger charge is 2.16. The van der Waals surface area contributed by atoms with Gasteiger partial charge in [0, 0.05) is 12.1 Å². The summed E-state index contributed by atoms with van der Waals surface area (Å²) in [4.78, 5) is 34.8. The Kier molecular flexibility index (Phi) is 8.91. The van der Waals surface area contributed by atoms with Crippen molar-refractivity contribution >= 4 is 22.5 Å². The van der Waals surface area contributed by atoms with Crippen molar-refractivity contribution in [1.29, 1.82) is 0 Å². The van der Waals surface area contributed by atoms with Gasteiger partial charge in [-0.15, -0.1) is 0 Å². The van der Waals surface area contributed by atoms with Crippen LogP contribution in [0.15, 0.2) is 35.1 Å². The number of nitrogens with zero attached hydrogens (tertiary/aromatic N) is 2. The first kappa shape index (κ1) is 25.8.